The zero-order valence-electron chi connectivity index (χ0n) is 14.7. The zero-order chi connectivity index (χ0) is 18.8. The maximum Gasteiger partial charge on any atom is 0.303 e. The van der Waals surface area contributed by atoms with Gasteiger partial charge < -0.3 is 15.2 Å². The van der Waals surface area contributed by atoms with E-state index in [0.717, 1.165) is 10.5 Å². The predicted molar refractivity (Wildman–Crippen MR) is 103 cm³/mol. The average molecular weight is 373 g/mol. The Hall–Kier alpha value is -2.47. The van der Waals surface area contributed by atoms with Crippen molar-refractivity contribution in [1.82, 2.24) is 5.32 Å². The van der Waals surface area contributed by atoms with Gasteiger partial charge in [0.2, 0.25) is 5.91 Å². The van der Waals surface area contributed by atoms with E-state index in [1.165, 1.54) is 17.3 Å². The summed E-state index contributed by atoms with van der Waals surface area (Å²) in [5.74, 6) is 0.253. The Morgan fingerprint density at radius 1 is 1.12 bits per heavy atom. The number of thioether (sulfide) groups is 1. The van der Waals surface area contributed by atoms with Crippen LogP contribution in [0.5, 0.6) is 5.75 Å². The number of carboxylic acid groups (broad SMARTS) is 1. The molecule has 6 heteroatoms. The molecule has 2 aromatic carbocycles. The Kier molecular flexibility index (Phi) is 8.02. The molecule has 0 saturated carbocycles. The van der Waals surface area contributed by atoms with Crippen LogP contribution < -0.4 is 10.1 Å². The molecule has 0 atom stereocenters. The molecule has 0 radical (unpaired) electrons. The lowest BCUT2D eigenvalue weighted by Gasteiger charge is -2.08. The molecule has 0 aliphatic heterocycles. The second-order valence-corrected chi connectivity index (χ2v) is 6.84. The summed E-state index contributed by atoms with van der Waals surface area (Å²) in [6.45, 7) is 2.87. The third kappa shape index (κ3) is 7.19. The van der Waals surface area contributed by atoms with Gasteiger partial charge in [-0.15, -0.1) is 11.8 Å². The molecule has 0 aliphatic carbocycles. The minimum absolute atomic E-state index is 0.00718. The number of carbonyl (C=O) groups excluding carboxylic acids is 1. The zero-order valence-corrected chi connectivity index (χ0v) is 15.6. The molecule has 138 valence electrons. The summed E-state index contributed by atoms with van der Waals surface area (Å²) in [6, 6.07) is 15.4. The molecular weight excluding hydrogens is 350 g/mol. The van der Waals surface area contributed by atoms with Crippen molar-refractivity contribution >= 4 is 23.6 Å². The van der Waals surface area contributed by atoms with Crippen LogP contribution in [0.1, 0.15) is 24.0 Å². The number of nitrogens with one attached hydrogen (secondary N) is 1. The van der Waals surface area contributed by atoms with Gasteiger partial charge in [-0.25, -0.2) is 0 Å². The van der Waals surface area contributed by atoms with E-state index in [2.05, 4.69) is 5.32 Å². The van der Waals surface area contributed by atoms with Gasteiger partial charge in [0.15, 0.2) is 0 Å². The number of aliphatic carboxylic acids is 1. The lowest BCUT2D eigenvalue weighted by Crippen LogP contribution is -2.24. The van der Waals surface area contributed by atoms with E-state index >= 15 is 0 Å². The lowest BCUT2D eigenvalue weighted by molar-refractivity contribution is -0.137. The SMILES string of the molecule is Cc1ccccc1SCC(=O)NCc1ccc(OCCCC(=O)O)cc1. The van der Waals surface area contributed by atoms with Crippen LogP contribution in [-0.2, 0) is 16.1 Å². The summed E-state index contributed by atoms with van der Waals surface area (Å²) in [5.41, 5.74) is 2.15. The van der Waals surface area contributed by atoms with E-state index in [-0.39, 0.29) is 12.3 Å². The smallest absolute Gasteiger partial charge is 0.303 e. The first-order valence-corrected chi connectivity index (χ1v) is 9.42. The largest absolute Gasteiger partial charge is 0.494 e. The molecule has 0 heterocycles. The maximum atomic E-state index is 12.0. The molecule has 0 aliphatic rings. The van der Waals surface area contributed by atoms with E-state index in [1.54, 1.807) is 0 Å². The Labute approximate surface area is 157 Å². The molecule has 0 bridgehead atoms. The summed E-state index contributed by atoms with van der Waals surface area (Å²) in [6.07, 6.45) is 0.580. The van der Waals surface area contributed by atoms with Crippen molar-refractivity contribution in [3.05, 3.63) is 59.7 Å². The van der Waals surface area contributed by atoms with Crippen LogP contribution >= 0.6 is 11.8 Å². The molecule has 0 aromatic heterocycles. The Morgan fingerprint density at radius 3 is 2.54 bits per heavy atom. The van der Waals surface area contributed by atoms with Crippen LogP contribution in [0.2, 0.25) is 0 Å². The van der Waals surface area contributed by atoms with Gasteiger partial charge in [-0.05, 0) is 42.7 Å². The van der Waals surface area contributed by atoms with E-state index in [1.807, 2.05) is 55.5 Å². The molecule has 5 nitrogen and oxygen atoms in total. The topological polar surface area (TPSA) is 75.6 Å². The molecule has 0 spiro atoms. The molecular formula is C20H23NO4S. The van der Waals surface area contributed by atoms with E-state index in [9.17, 15) is 9.59 Å². The molecule has 2 rings (SSSR count). The summed E-state index contributed by atoms with van der Waals surface area (Å²) >= 11 is 1.53. The molecule has 0 fully saturated rings. The first-order valence-electron chi connectivity index (χ1n) is 8.43. The normalized spacial score (nSPS) is 10.3. The molecule has 2 aromatic rings. The van der Waals surface area contributed by atoms with Crippen LogP contribution in [0.25, 0.3) is 0 Å². The van der Waals surface area contributed by atoms with E-state index < -0.39 is 5.97 Å². The minimum atomic E-state index is -0.819. The number of ether oxygens (including phenoxy) is 1. The lowest BCUT2D eigenvalue weighted by atomic mass is 10.2. The van der Waals surface area contributed by atoms with Gasteiger partial charge in [0.1, 0.15) is 5.75 Å². The summed E-state index contributed by atoms with van der Waals surface area (Å²) < 4.78 is 5.48. The van der Waals surface area contributed by atoms with Crippen molar-refractivity contribution in [2.75, 3.05) is 12.4 Å². The first-order chi connectivity index (χ1) is 12.5. The van der Waals surface area contributed by atoms with Gasteiger partial charge >= 0.3 is 5.97 Å². The molecule has 0 saturated heterocycles. The van der Waals surface area contributed by atoms with Gasteiger partial charge in [0.25, 0.3) is 0 Å². The summed E-state index contributed by atoms with van der Waals surface area (Å²) in [4.78, 5) is 23.5. The van der Waals surface area contributed by atoms with Crippen LogP contribution in [-0.4, -0.2) is 29.3 Å². The number of benzene rings is 2. The highest BCUT2D eigenvalue weighted by Gasteiger charge is 2.05. The fourth-order valence-electron chi connectivity index (χ4n) is 2.23. The van der Waals surface area contributed by atoms with Crippen molar-refractivity contribution < 1.29 is 19.4 Å². The van der Waals surface area contributed by atoms with Gasteiger partial charge in [-0.2, -0.15) is 0 Å². The number of hydrogen-bond donors (Lipinski definition) is 2. The van der Waals surface area contributed by atoms with E-state index in [4.69, 9.17) is 9.84 Å². The van der Waals surface area contributed by atoms with Gasteiger partial charge in [-0.1, -0.05) is 30.3 Å². The highest BCUT2D eigenvalue weighted by molar-refractivity contribution is 8.00. The molecule has 26 heavy (non-hydrogen) atoms. The number of carboxylic acids is 1. The highest BCUT2D eigenvalue weighted by Crippen LogP contribution is 2.21. The minimum Gasteiger partial charge on any atom is -0.494 e. The molecule has 0 unspecified atom stereocenters. The number of aryl methyl sites for hydroxylation is 1. The number of carbonyl (C=O) groups is 2. The number of amides is 1. The van der Waals surface area contributed by atoms with Crippen molar-refractivity contribution in [3.8, 4) is 5.75 Å². The van der Waals surface area contributed by atoms with Crippen LogP contribution in [0.4, 0.5) is 0 Å². The average Bonchev–Trinajstić information content (AvgIpc) is 2.63. The Bertz CT molecular complexity index is 731. The van der Waals surface area contributed by atoms with Crippen molar-refractivity contribution in [1.29, 1.82) is 0 Å². The van der Waals surface area contributed by atoms with Gasteiger partial charge in [0.05, 0.1) is 12.4 Å². The third-order valence-electron chi connectivity index (χ3n) is 3.67. The monoisotopic (exact) mass is 373 g/mol. The predicted octanol–water partition coefficient (Wildman–Crippen LogP) is 3.65. The standard InChI is InChI=1S/C20H23NO4S/c1-15-5-2-3-6-18(15)26-14-19(22)21-13-16-8-10-17(11-9-16)25-12-4-7-20(23)24/h2-3,5-6,8-11H,4,7,12-14H2,1H3,(H,21,22)(H,23,24). The fraction of sp³-hybridized carbons (Fsp3) is 0.300. The third-order valence-corrected chi connectivity index (χ3v) is 4.84. The molecule has 1 amide bonds. The highest BCUT2D eigenvalue weighted by atomic mass is 32.2. The van der Waals surface area contributed by atoms with Crippen molar-refractivity contribution in [2.24, 2.45) is 0 Å². The summed E-state index contributed by atoms with van der Waals surface area (Å²) in [5, 5.41) is 11.5. The molecule has 2 N–H and O–H groups in total. The fourth-order valence-corrected chi connectivity index (χ4v) is 3.09. The van der Waals surface area contributed by atoms with Crippen LogP contribution in [0, 0.1) is 6.92 Å². The van der Waals surface area contributed by atoms with Crippen LogP contribution in [0.3, 0.4) is 0 Å². The Balaban J connectivity index is 1.69. The first kappa shape index (κ1) is 19.8. The maximum absolute atomic E-state index is 12.0. The van der Waals surface area contributed by atoms with Crippen molar-refractivity contribution in [3.63, 3.8) is 0 Å². The van der Waals surface area contributed by atoms with Crippen molar-refractivity contribution in [2.45, 2.75) is 31.2 Å². The quantitative estimate of drug-likeness (QED) is 0.491. The van der Waals surface area contributed by atoms with Gasteiger partial charge in [0, 0.05) is 17.9 Å². The Morgan fingerprint density at radius 2 is 1.85 bits per heavy atom. The second kappa shape index (κ2) is 10.5. The van der Waals surface area contributed by atoms with Crippen LogP contribution in [0.15, 0.2) is 53.4 Å². The summed E-state index contributed by atoms with van der Waals surface area (Å²) in [7, 11) is 0. The van der Waals surface area contributed by atoms with E-state index in [0.29, 0.717) is 31.1 Å². The van der Waals surface area contributed by atoms with Gasteiger partial charge in [-0.3, -0.25) is 9.59 Å². The number of rotatable bonds is 10. The number of hydrogen-bond acceptors (Lipinski definition) is 4. The second-order valence-electron chi connectivity index (χ2n) is 5.82.